The van der Waals surface area contributed by atoms with Gasteiger partial charge in [0.1, 0.15) is 23.2 Å². The number of pyridine rings is 3. The molecule has 0 atom stereocenters. The second-order valence-corrected chi connectivity index (χ2v) is 9.53. The van der Waals surface area contributed by atoms with E-state index in [1.54, 1.807) is 18.6 Å². The Morgan fingerprint density at radius 2 is 1.16 bits per heavy atom. The Morgan fingerprint density at radius 1 is 0.680 bits per heavy atom. The van der Waals surface area contributed by atoms with Gasteiger partial charge in [-0.3, -0.25) is 19.3 Å². The number of hydrogen-bond donors (Lipinski definition) is 0. The lowest BCUT2D eigenvalue weighted by atomic mass is 10.3. The van der Waals surface area contributed by atoms with E-state index in [0.29, 0.717) is 6.42 Å². The first-order chi connectivity index (χ1) is 12.4. The number of hydrogen-bond acceptors (Lipinski definition) is 3. The Balaban J connectivity index is 2.13. The largest absolute Gasteiger partial charge is 0.261 e. The number of unbranched alkanes of at least 4 members (excludes halogenated alkanes) is 2. The van der Waals surface area contributed by atoms with Gasteiger partial charge in [0, 0.05) is 18.6 Å². The SMILES string of the molecule is [18F]CCCCC[P+](c1cccnc1)(c1cccnc1)c1cccnc1. The summed E-state index contributed by atoms with van der Waals surface area (Å²) >= 11 is 0. The van der Waals surface area contributed by atoms with Gasteiger partial charge in [0.05, 0.1) is 31.4 Å². The van der Waals surface area contributed by atoms with Gasteiger partial charge in [-0.05, 0) is 55.7 Å². The van der Waals surface area contributed by atoms with E-state index < -0.39 is 7.26 Å². The van der Waals surface area contributed by atoms with Crippen LogP contribution in [0.2, 0.25) is 0 Å². The number of aromatic nitrogens is 3. The average Bonchev–Trinajstić information content (AvgIpc) is 2.70. The molecule has 25 heavy (non-hydrogen) atoms. The first-order valence-electron chi connectivity index (χ1n) is 8.54. The van der Waals surface area contributed by atoms with Crippen LogP contribution in [0.15, 0.2) is 73.6 Å². The van der Waals surface area contributed by atoms with Gasteiger partial charge >= 0.3 is 0 Å². The molecule has 0 N–H and O–H groups in total. The van der Waals surface area contributed by atoms with E-state index in [4.69, 9.17) is 0 Å². The van der Waals surface area contributed by atoms with Gasteiger partial charge in [-0.1, -0.05) is 0 Å². The third-order valence-electron chi connectivity index (χ3n) is 4.39. The predicted molar refractivity (Wildman–Crippen MR) is 103 cm³/mol. The standard InChI is InChI=1S/C20H22FN3P/c21-10-2-1-3-14-25(18-7-4-11-22-15-18,19-8-5-12-23-16-19)20-9-6-13-24-17-20/h4-9,11-13,15-17H,1-3,10,14H2/q+1/i21-1. The maximum Gasteiger partial charge on any atom is 0.123 e. The molecule has 0 aromatic carbocycles. The minimum absolute atomic E-state index is 0.252. The molecule has 0 saturated heterocycles. The topological polar surface area (TPSA) is 38.7 Å². The molecule has 0 aliphatic rings. The maximum absolute atomic E-state index is 12.6. The normalized spacial score (nSPS) is 11.4. The van der Waals surface area contributed by atoms with E-state index >= 15 is 0 Å². The summed E-state index contributed by atoms with van der Waals surface area (Å²) in [5.41, 5.74) is 0. The monoisotopic (exact) mass is 353 g/mol. The summed E-state index contributed by atoms with van der Waals surface area (Å²) in [5.74, 6) is 0. The van der Waals surface area contributed by atoms with E-state index in [9.17, 15) is 4.39 Å². The first-order valence-corrected chi connectivity index (χ1v) is 10.5. The highest BCUT2D eigenvalue weighted by molar-refractivity contribution is 7.95. The van der Waals surface area contributed by atoms with Crippen molar-refractivity contribution < 1.29 is 4.39 Å². The number of nitrogens with zero attached hydrogens (tertiary/aromatic N) is 3. The highest BCUT2D eigenvalue weighted by Crippen LogP contribution is 2.55. The number of alkyl halides is 1. The van der Waals surface area contributed by atoms with E-state index in [1.165, 1.54) is 15.9 Å². The van der Waals surface area contributed by atoms with Crippen LogP contribution in [0.4, 0.5) is 4.39 Å². The molecule has 3 aromatic heterocycles. The molecule has 3 nitrogen and oxygen atoms in total. The van der Waals surface area contributed by atoms with Gasteiger partial charge in [-0.2, -0.15) is 0 Å². The van der Waals surface area contributed by atoms with Gasteiger partial charge in [-0.15, -0.1) is 0 Å². The summed E-state index contributed by atoms with van der Waals surface area (Å²) in [7, 11) is -1.90. The van der Waals surface area contributed by atoms with Crippen LogP contribution in [-0.4, -0.2) is 27.8 Å². The lowest BCUT2D eigenvalue weighted by Crippen LogP contribution is -2.34. The average molecular weight is 353 g/mol. The molecule has 0 spiro atoms. The zero-order valence-electron chi connectivity index (χ0n) is 14.1. The highest BCUT2D eigenvalue weighted by Gasteiger charge is 2.45. The predicted octanol–water partition coefficient (Wildman–Crippen LogP) is 3.31. The molecule has 0 unspecified atom stereocenters. The summed E-state index contributed by atoms with van der Waals surface area (Å²) in [4.78, 5) is 13.1. The highest BCUT2D eigenvalue weighted by atomic mass is 31.2. The molecule has 0 aliphatic carbocycles. The Kier molecular flexibility index (Phi) is 6.19. The van der Waals surface area contributed by atoms with Crippen molar-refractivity contribution in [2.24, 2.45) is 0 Å². The number of halogens is 1. The fourth-order valence-electron chi connectivity index (χ4n) is 3.19. The summed E-state index contributed by atoms with van der Waals surface area (Å²) in [6.45, 7) is -0.252. The maximum atomic E-state index is 12.6. The van der Waals surface area contributed by atoms with Crippen LogP contribution in [0.5, 0.6) is 0 Å². The van der Waals surface area contributed by atoms with E-state index in [1.807, 2.05) is 36.8 Å². The minimum Gasteiger partial charge on any atom is -0.261 e. The molecule has 3 aromatic rings. The Labute approximate surface area is 148 Å². The van der Waals surface area contributed by atoms with Crippen LogP contribution >= 0.6 is 7.26 Å². The molecule has 0 bridgehead atoms. The van der Waals surface area contributed by atoms with E-state index in [0.717, 1.165) is 19.0 Å². The lowest BCUT2D eigenvalue weighted by Gasteiger charge is -2.26. The quantitative estimate of drug-likeness (QED) is 0.461. The Morgan fingerprint density at radius 3 is 1.52 bits per heavy atom. The fourth-order valence-corrected chi connectivity index (χ4v) is 7.37. The van der Waals surface area contributed by atoms with E-state index in [-0.39, 0.29) is 6.67 Å². The molecular formula is C20H22FN3P+. The van der Waals surface area contributed by atoms with Crippen molar-refractivity contribution in [2.75, 3.05) is 12.8 Å². The minimum atomic E-state index is -1.90. The summed E-state index contributed by atoms with van der Waals surface area (Å²) in [6.07, 6.45) is 14.7. The molecule has 128 valence electrons. The molecule has 0 fully saturated rings. The molecule has 3 rings (SSSR count). The second kappa shape index (κ2) is 8.77. The zero-order chi connectivity index (χ0) is 17.4. The summed E-state index contributed by atoms with van der Waals surface area (Å²) < 4.78 is 12.6. The fraction of sp³-hybridized carbons (Fsp3) is 0.250. The Bertz CT molecular complexity index is 657. The van der Waals surface area contributed by atoms with Crippen LogP contribution in [0.3, 0.4) is 0 Å². The number of rotatable bonds is 8. The van der Waals surface area contributed by atoms with Crippen LogP contribution in [0.25, 0.3) is 0 Å². The zero-order valence-corrected chi connectivity index (χ0v) is 15.0. The van der Waals surface area contributed by atoms with Gasteiger partial charge < -0.3 is 0 Å². The molecule has 3 heterocycles. The molecule has 5 heteroatoms. The van der Waals surface area contributed by atoms with Crippen molar-refractivity contribution in [3.05, 3.63) is 73.6 Å². The van der Waals surface area contributed by atoms with Crippen LogP contribution in [-0.2, 0) is 0 Å². The second-order valence-electron chi connectivity index (χ2n) is 5.92. The molecular weight excluding hydrogens is 331 g/mol. The summed E-state index contributed by atoms with van der Waals surface area (Å²) in [5, 5.41) is 3.66. The van der Waals surface area contributed by atoms with Crippen molar-refractivity contribution in [1.29, 1.82) is 0 Å². The lowest BCUT2D eigenvalue weighted by molar-refractivity contribution is 0.460. The third-order valence-corrected chi connectivity index (χ3v) is 8.81. The van der Waals surface area contributed by atoms with Crippen molar-refractivity contribution in [3.8, 4) is 0 Å². The van der Waals surface area contributed by atoms with Crippen molar-refractivity contribution in [3.63, 3.8) is 0 Å². The van der Waals surface area contributed by atoms with Crippen molar-refractivity contribution in [1.82, 2.24) is 15.0 Å². The van der Waals surface area contributed by atoms with Crippen LogP contribution in [0.1, 0.15) is 19.3 Å². The molecule has 0 amide bonds. The van der Waals surface area contributed by atoms with Gasteiger partial charge in [0.2, 0.25) is 0 Å². The summed E-state index contributed by atoms with van der Waals surface area (Å²) in [6, 6.07) is 12.4. The van der Waals surface area contributed by atoms with Gasteiger partial charge in [0.15, 0.2) is 0 Å². The van der Waals surface area contributed by atoms with Crippen LogP contribution < -0.4 is 15.9 Å². The van der Waals surface area contributed by atoms with Crippen molar-refractivity contribution in [2.45, 2.75) is 19.3 Å². The third kappa shape index (κ3) is 3.91. The smallest absolute Gasteiger partial charge is 0.123 e. The van der Waals surface area contributed by atoms with Crippen molar-refractivity contribution >= 4 is 23.2 Å². The van der Waals surface area contributed by atoms with E-state index in [2.05, 4.69) is 33.2 Å². The van der Waals surface area contributed by atoms with Crippen LogP contribution in [0, 0.1) is 0 Å². The van der Waals surface area contributed by atoms with Gasteiger partial charge in [0.25, 0.3) is 0 Å². The molecule has 0 saturated carbocycles. The Hall–Kier alpha value is -2.19. The van der Waals surface area contributed by atoms with Gasteiger partial charge in [-0.25, -0.2) is 0 Å². The molecule has 0 radical (unpaired) electrons. The molecule has 0 aliphatic heterocycles. The first kappa shape index (κ1) is 17.6.